The van der Waals surface area contributed by atoms with E-state index < -0.39 is 18.1 Å². The monoisotopic (exact) mass is 326 g/mol. The van der Waals surface area contributed by atoms with Gasteiger partial charge in [0.2, 0.25) is 5.91 Å². The molecular weight excluding hydrogens is 304 g/mol. The van der Waals surface area contributed by atoms with Crippen molar-refractivity contribution in [2.24, 2.45) is 11.7 Å². The third-order valence-electron chi connectivity index (χ3n) is 3.63. The van der Waals surface area contributed by atoms with E-state index in [2.05, 4.69) is 5.32 Å². The van der Waals surface area contributed by atoms with Crippen molar-refractivity contribution >= 4 is 23.4 Å². The van der Waals surface area contributed by atoms with Crippen molar-refractivity contribution in [1.29, 1.82) is 0 Å². The van der Waals surface area contributed by atoms with Crippen molar-refractivity contribution in [3.05, 3.63) is 28.8 Å². The minimum absolute atomic E-state index is 0.0362. The zero-order valence-corrected chi connectivity index (χ0v) is 14.1. The molecule has 0 saturated carbocycles. The van der Waals surface area contributed by atoms with E-state index in [-0.39, 0.29) is 11.8 Å². The van der Waals surface area contributed by atoms with Crippen molar-refractivity contribution in [2.75, 3.05) is 0 Å². The fourth-order valence-corrected chi connectivity index (χ4v) is 2.22. The number of nitrogens with one attached hydrogen (secondary N) is 1. The molecule has 0 aromatic heterocycles. The number of hydrogen-bond donors (Lipinski definition) is 2. The molecule has 6 heteroatoms. The fourth-order valence-electron chi connectivity index (χ4n) is 1.99. The molecule has 0 bridgehead atoms. The Balaban J connectivity index is 2.73. The first-order chi connectivity index (χ1) is 10.3. The molecule has 2 amide bonds. The summed E-state index contributed by atoms with van der Waals surface area (Å²) < 4.78 is 5.63. The second-order valence-corrected chi connectivity index (χ2v) is 5.88. The molecule has 0 radical (unpaired) electrons. The van der Waals surface area contributed by atoms with Gasteiger partial charge in [-0.05, 0) is 43.5 Å². The Morgan fingerprint density at radius 3 is 2.50 bits per heavy atom. The molecule has 3 N–H and O–H groups in total. The number of primary amides is 1. The number of aryl methyl sites for hydroxylation is 1. The van der Waals surface area contributed by atoms with Crippen molar-refractivity contribution in [2.45, 2.75) is 46.3 Å². The van der Waals surface area contributed by atoms with Crippen LogP contribution in [-0.4, -0.2) is 24.0 Å². The van der Waals surface area contributed by atoms with Crippen LogP contribution in [0.5, 0.6) is 5.75 Å². The van der Waals surface area contributed by atoms with Crippen LogP contribution in [0.3, 0.4) is 0 Å². The first kappa shape index (κ1) is 18.3. The van der Waals surface area contributed by atoms with Gasteiger partial charge in [0, 0.05) is 5.02 Å². The third-order valence-corrected chi connectivity index (χ3v) is 3.86. The molecule has 0 heterocycles. The van der Waals surface area contributed by atoms with E-state index in [4.69, 9.17) is 22.1 Å². The Labute approximate surface area is 136 Å². The van der Waals surface area contributed by atoms with Crippen LogP contribution in [-0.2, 0) is 9.59 Å². The van der Waals surface area contributed by atoms with Gasteiger partial charge in [0.15, 0.2) is 6.10 Å². The van der Waals surface area contributed by atoms with Gasteiger partial charge in [-0.2, -0.15) is 0 Å². The van der Waals surface area contributed by atoms with E-state index in [9.17, 15) is 9.59 Å². The van der Waals surface area contributed by atoms with Crippen molar-refractivity contribution in [3.63, 3.8) is 0 Å². The number of carbonyl (C=O) groups excluding carboxylic acids is 2. The molecule has 5 nitrogen and oxygen atoms in total. The maximum Gasteiger partial charge on any atom is 0.261 e. The van der Waals surface area contributed by atoms with E-state index in [1.807, 2.05) is 20.8 Å². The normalized spacial score (nSPS) is 14.8. The average molecular weight is 327 g/mol. The molecular formula is C16H23ClN2O3. The number of benzene rings is 1. The summed E-state index contributed by atoms with van der Waals surface area (Å²) in [6.07, 6.45) is -0.00911. The van der Waals surface area contributed by atoms with E-state index >= 15 is 0 Å². The molecule has 1 aromatic carbocycles. The van der Waals surface area contributed by atoms with Crippen LogP contribution in [0.25, 0.3) is 0 Å². The van der Waals surface area contributed by atoms with Gasteiger partial charge in [-0.1, -0.05) is 31.9 Å². The predicted molar refractivity (Wildman–Crippen MR) is 86.9 cm³/mol. The van der Waals surface area contributed by atoms with Crippen molar-refractivity contribution < 1.29 is 14.3 Å². The largest absolute Gasteiger partial charge is 0.481 e. The molecule has 3 unspecified atom stereocenters. The Kier molecular flexibility index (Phi) is 6.68. The minimum Gasteiger partial charge on any atom is -0.481 e. The first-order valence-corrected chi connectivity index (χ1v) is 7.66. The lowest BCUT2D eigenvalue weighted by atomic mass is 9.98. The van der Waals surface area contributed by atoms with Gasteiger partial charge in [-0.15, -0.1) is 0 Å². The van der Waals surface area contributed by atoms with Gasteiger partial charge in [-0.3, -0.25) is 9.59 Å². The molecule has 0 aliphatic rings. The van der Waals surface area contributed by atoms with E-state index in [1.54, 1.807) is 25.1 Å². The van der Waals surface area contributed by atoms with E-state index in [1.165, 1.54) is 0 Å². The molecule has 0 aliphatic heterocycles. The summed E-state index contributed by atoms with van der Waals surface area (Å²) in [6.45, 7) is 7.27. The van der Waals surface area contributed by atoms with Crippen LogP contribution in [0.15, 0.2) is 18.2 Å². The molecule has 0 spiro atoms. The standard InChI is InChI=1S/C16H23ClN2O3/c1-5-9(2)14(15(18)20)19-16(21)11(4)22-13-7-6-12(17)8-10(13)3/h6-9,11,14H,5H2,1-4H3,(H2,18,20)(H,19,21). The van der Waals surface area contributed by atoms with Gasteiger partial charge in [0.25, 0.3) is 5.91 Å². The summed E-state index contributed by atoms with van der Waals surface area (Å²) in [5.74, 6) is -0.381. The Bertz CT molecular complexity index is 548. The molecule has 122 valence electrons. The number of rotatable bonds is 7. The first-order valence-electron chi connectivity index (χ1n) is 7.28. The van der Waals surface area contributed by atoms with Crippen LogP contribution in [0.2, 0.25) is 5.02 Å². The summed E-state index contributed by atoms with van der Waals surface area (Å²) >= 11 is 5.88. The van der Waals surface area contributed by atoms with Gasteiger partial charge in [0.1, 0.15) is 11.8 Å². The summed E-state index contributed by atoms with van der Waals surface area (Å²) in [6, 6.07) is 4.46. The van der Waals surface area contributed by atoms with E-state index in [0.29, 0.717) is 10.8 Å². The molecule has 3 atom stereocenters. The maximum atomic E-state index is 12.2. The molecule has 1 aromatic rings. The summed E-state index contributed by atoms with van der Waals surface area (Å²) in [7, 11) is 0. The van der Waals surface area contributed by atoms with Crippen LogP contribution in [0, 0.1) is 12.8 Å². The highest BCUT2D eigenvalue weighted by atomic mass is 35.5. The van der Waals surface area contributed by atoms with Gasteiger partial charge in [0.05, 0.1) is 0 Å². The number of halogens is 1. The zero-order chi connectivity index (χ0) is 16.9. The lowest BCUT2D eigenvalue weighted by Gasteiger charge is -2.23. The summed E-state index contributed by atoms with van der Waals surface area (Å²) in [4.78, 5) is 23.7. The summed E-state index contributed by atoms with van der Waals surface area (Å²) in [5, 5.41) is 3.26. The second-order valence-electron chi connectivity index (χ2n) is 5.44. The maximum absolute atomic E-state index is 12.2. The minimum atomic E-state index is -0.745. The van der Waals surface area contributed by atoms with Gasteiger partial charge >= 0.3 is 0 Å². The van der Waals surface area contributed by atoms with E-state index in [0.717, 1.165) is 12.0 Å². The Morgan fingerprint density at radius 1 is 1.36 bits per heavy atom. The highest BCUT2D eigenvalue weighted by molar-refractivity contribution is 6.30. The summed E-state index contributed by atoms with van der Waals surface area (Å²) in [5.41, 5.74) is 6.18. The van der Waals surface area contributed by atoms with Crippen molar-refractivity contribution in [1.82, 2.24) is 5.32 Å². The highest BCUT2D eigenvalue weighted by Gasteiger charge is 2.26. The molecule has 0 fully saturated rings. The lowest BCUT2D eigenvalue weighted by Crippen LogP contribution is -2.51. The smallest absolute Gasteiger partial charge is 0.261 e. The molecule has 1 rings (SSSR count). The van der Waals surface area contributed by atoms with Crippen LogP contribution < -0.4 is 15.8 Å². The van der Waals surface area contributed by atoms with Crippen LogP contribution >= 0.6 is 11.6 Å². The number of nitrogens with two attached hydrogens (primary N) is 1. The zero-order valence-electron chi connectivity index (χ0n) is 13.4. The van der Waals surface area contributed by atoms with Gasteiger partial charge < -0.3 is 15.8 Å². The Hall–Kier alpha value is -1.75. The lowest BCUT2D eigenvalue weighted by molar-refractivity contribution is -0.132. The molecule has 0 aliphatic carbocycles. The number of amides is 2. The fraction of sp³-hybridized carbons (Fsp3) is 0.500. The topological polar surface area (TPSA) is 81.4 Å². The second kappa shape index (κ2) is 8.03. The highest BCUT2D eigenvalue weighted by Crippen LogP contribution is 2.22. The van der Waals surface area contributed by atoms with Crippen molar-refractivity contribution in [3.8, 4) is 5.75 Å². The van der Waals surface area contributed by atoms with Crippen LogP contribution in [0.4, 0.5) is 0 Å². The molecule has 0 saturated heterocycles. The van der Waals surface area contributed by atoms with Crippen LogP contribution in [0.1, 0.15) is 32.8 Å². The SMILES string of the molecule is CCC(C)C(NC(=O)C(C)Oc1ccc(Cl)cc1C)C(N)=O. The quantitative estimate of drug-likeness (QED) is 0.807. The Morgan fingerprint density at radius 2 is 2.00 bits per heavy atom. The van der Waals surface area contributed by atoms with Gasteiger partial charge in [-0.25, -0.2) is 0 Å². The average Bonchev–Trinajstić information content (AvgIpc) is 2.46. The molecule has 22 heavy (non-hydrogen) atoms. The number of carbonyl (C=O) groups is 2. The predicted octanol–water partition coefficient (Wildman–Crippen LogP) is 2.43. The number of ether oxygens (including phenoxy) is 1. The third kappa shape index (κ3) is 4.91. The number of hydrogen-bond acceptors (Lipinski definition) is 3.